The molecule has 0 saturated carbocycles. The zero-order chi connectivity index (χ0) is 16.4. The van der Waals surface area contributed by atoms with Crippen molar-refractivity contribution in [3.63, 3.8) is 0 Å². The summed E-state index contributed by atoms with van der Waals surface area (Å²) in [5, 5.41) is 4.46. The lowest BCUT2D eigenvalue weighted by Gasteiger charge is -2.11. The quantitative estimate of drug-likeness (QED) is 0.380. The van der Waals surface area contributed by atoms with Crippen LogP contribution in [0.25, 0.3) is 21.5 Å². The Morgan fingerprint density at radius 2 is 1.33 bits per heavy atom. The van der Waals surface area contributed by atoms with Gasteiger partial charge in [-0.1, -0.05) is 78.9 Å². The van der Waals surface area contributed by atoms with Crippen molar-refractivity contribution in [3.8, 4) is 5.75 Å². The number of rotatable bonds is 4. The zero-order valence-corrected chi connectivity index (χ0v) is 13.1. The first kappa shape index (κ1) is 14.5. The molecule has 0 aliphatic rings. The van der Waals surface area contributed by atoms with Gasteiger partial charge < -0.3 is 4.74 Å². The fourth-order valence-electron chi connectivity index (χ4n) is 2.99. The van der Waals surface area contributed by atoms with Crippen molar-refractivity contribution in [1.29, 1.82) is 0 Å². The Kier molecular flexibility index (Phi) is 3.72. The second kappa shape index (κ2) is 6.17. The number of benzene rings is 4. The van der Waals surface area contributed by atoms with E-state index in [0.717, 1.165) is 21.9 Å². The number of hydrogen-bond acceptors (Lipinski definition) is 2. The van der Waals surface area contributed by atoms with E-state index in [9.17, 15) is 4.79 Å². The third-order valence-corrected chi connectivity index (χ3v) is 4.18. The molecule has 0 aliphatic heterocycles. The molecule has 0 fully saturated rings. The van der Waals surface area contributed by atoms with Crippen LogP contribution in [0.2, 0.25) is 0 Å². The van der Waals surface area contributed by atoms with Crippen LogP contribution in [0.1, 0.15) is 10.4 Å². The van der Waals surface area contributed by atoms with Crippen LogP contribution in [0.5, 0.6) is 5.75 Å². The zero-order valence-electron chi connectivity index (χ0n) is 13.1. The minimum absolute atomic E-state index is 0.0205. The molecule has 0 amide bonds. The highest BCUT2D eigenvalue weighted by Crippen LogP contribution is 2.33. The topological polar surface area (TPSA) is 26.3 Å². The van der Waals surface area contributed by atoms with E-state index in [1.54, 1.807) is 0 Å². The Hall–Kier alpha value is -3.13. The molecule has 2 heteroatoms. The first-order chi connectivity index (χ1) is 11.8. The number of carbonyl (C=O) groups is 1. The monoisotopic (exact) mass is 312 g/mol. The van der Waals surface area contributed by atoms with Gasteiger partial charge in [0.05, 0.1) is 0 Å². The van der Waals surface area contributed by atoms with Gasteiger partial charge in [-0.15, -0.1) is 0 Å². The molecule has 0 spiro atoms. The first-order valence-corrected chi connectivity index (χ1v) is 7.94. The van der Waals surface area contributed by atoms with Crippen LogP contribution >= 0.6 is 0 Å². The van der Waals surface area contributed by atoms with Gasteiger partial charge in [-0.2, -0.15) is 0 Å². The van der Waals surface area contributed by atoms with E-state index in [0.29, 0.717) is 5.56 Å². The molecule has 4 rings (SSSR count). The molecule has 0 heterocycles. The SMILES string of the molecule is O=C(COc1cc2ccccc2c2ccccc12)c1ccccc1. The molecule has 0 aliphatic carbocycles. The Bertz CT molecular complexity index is 1020. The third kappa shape index (κ3) is 2.63. The van der Waals surface area contributed by atoms with Crippen molar-refractivity contribution in [2.75, 3.05) is 6.61 Å². The predicted molar refractivity (Wildman–Crippen MR) is 97.7 cm³/mol. The van der Waals surface area contributed by atoms with E-state index >= 15 is 0 Å². The van der Waals surface area contributed by atoms with Crippen molar-refractivity contribution in [2.45, 2.75) is 0 Å². The van der Waals surface area contributed by atoms with E-state index in [1.807, 2.05) is 66.7 Å². The summed E-state index contributed by atoms with van der Waals surface area (Å²) in [4.78, 5) is 12.3. The minimum Gasteiger partial charge on any atom is -0.485 e. The van der Waals surface area contributed by atoms with Gasteiger partial charge in [0.2, 0.25) is 0 Å². The van der Waals surface area contributed by atoms with Crippen molar-refractivity contribution < 1.29 is 9.53 Å². The summed E-state index contributed by atoms with van der Waals surface area (Å²) in [6, 6.07) is 27.6. The highest BCUT2D eigenvalue weighted by atomic mass is 16.5. The Morgan fingerprint density at radius 1 is 0.708 bits per heavy atom. The lowest BCUT2D eigenvalue weighted by atomic mass is 10.0. The summed E-state index contributed by atoms with van der Waals surface area (Å²) in [7, 11) is 0. The predicted octanol–water partition coefficient (Wildman–Crippen LogP) is 5.25. The molecule has 24 heavy (non-hydrogen) atoms. The molecule has 0 unspecified atom stereocenters. The normalized spacial score (nSPS) is 10.8. The summed E-state index contributed by atoms with van der Waals surface area (Å²) in [5.74, 6) is 0.724. The van der Waals surface area contributed by atoms with Crippen molar-refractivity contribution in [2.24, 2.45) is 0 Å². The molecule has 0 N–H and O–H groups in total. The molecule has 0 saturated heterocycles. The summed E-state index contributed by atoms with van der Waals surface area (Å²) in [6.07, 6.45) is 0. The van der Waals surface area contributed by atoms with Crippen molar-refractivity contribution >= 4 is 27.3 Å². The molecule has 0 atom stereocenters. The summed E-state index contributed by atoms with van der Waals surface area (Å²) >= 11 is 0. The lowest BCUT2D eigenvalue weighted by molar-refractivity contribution is 0.0922. The molecule has 2 nitrogen and oxygen atoms in total. The number of fused-ring (bicyclic) bond motifs is 3. The molecular formula is C22H16O2. The number of hydrogen-bond donors (Lipinski definition) is 0. The van der Waals surface area contributed by atoms with E-state index in [1.165, 1.54) is 5.39 Å². The van der Waals surface area contributed by atoms with Gasteiger partial charge in [0, 0.05) is 10.9 Å². The molecule has 0 radical (unpaired) electrons. The Balaban J connectivity index is 1.72. The van der Waals surface area contributed by atoms with Crippen LogP contribution in [-0.4, -0.2) is 12.4 Å². The maximum Gasteiger partial charge on any atom is 0.200 e. The Labute approximate surface area is 140 Å². The molecule has 4 aromatic rings. The van der Waals surface area contributed by atoms with Crippen LogP contribution in [0.3, 0.4) is 0 Å². The third-order valence-electron chi connectivity index (χ3n) is 4.18. The van der Waals surface area contributed by atoms with E-state index in [2.05, 4.69) is 18.2 Å². The molecule has 4 aromatic carbocycles. The number of ether oxygens (including phenoxy) is 1. The van der Waals surface area contributed by atoms with Crippen LogP contribution in [-0.2, 0) is 0 Å². The number of carbonyl (C=O) groups excluding carboxylic acids is 1. The summed E-state index contributed by atoms with van der Waals surface area (Å²) in [5.41, 5.74) is 0.669. The van der Waals surface area contributed by atoms with Crippen LogP contribution in [0, 0.1) is 0 Å². The number of Topliss-reactive ketones (excluding diaryl/α,β-unsaturated/α-hetero) is 1. The molecular weight excluding hydrogens is 296 g/mol. The van der Waals surface area contributed by atoms with Crippen LogP contribution in [0.15, 0.2) is 84.9 Å². The van der Waals surface area contributed by atoms with E-state index in [-0.39, 0.29) is 12.4 Å². The fraction of sp³-hybridized carbons (Fsp3) is 0.0455. The van der Waals surface area contributed by atoms with Gasteiger partial charge in [-0.05, 0) is 22.2 Å². The van der Waals surface area contributed by atoms with Gasteiger partial charge in [0.15, 0.2) is 12.4 Å². The van der Waals surface area contributed by atoms with Gasteiger partial charge in [-0.3, -0.25) is 4.79 Å². The van der Waals surface area contributed by atoms with Gasteiger partial charge in [0.25, 0.3) is 0 Å². The Morgan fingerprint density at radius 3 is 2.12 bits per heavy atom. The second-order valence-electron chi connectivity index (χ2n) is 5.72. The van der Waals surface area contributed by atoms with Crippen molar-refractivity contribution in [1.82, 2.24) is 0 Å². The first-order valence-electron chi connectivity index (χ1n) is 7.94. The van der Waals surface area contributed by atoms with Gasteiger partial charge in [0.1, 0.15) is 5.75 Å². The largest absolute Gasteiger partial charge is 0.485 e. The molecule has 0 aromatic heterocycles. The summed E-state index contributed by atoms with van der Waals surface area (Å²) < 4.78 is 5.89. The average molecular weight is 312 g/mol. The molecule has 0 bridgehead atoms. The highest BCUT2D eigenvalue weighted by Gasteiger charge is 2.10. The maximum atomic E-state index is 12.3. The maximum absolute atomic E-state index is 12.3. The highest BCUT2D eigenvalue weighted by molar-refractivity contribution is 6.10. The van der Waals surface area contributed by atoms with Gasteiger partial charge >= 0.3 is 0 Å². The molecule has 116 valence electrons. The van der Waals surface area contributed by atoms with E-state index in [4.69, 9.17) is 4.74 Å². The number of ketones is 1. The summed E-state index contributed by atoms with van der Waals surface area (Å²) in [6.45, 7) is 0.0341. The van der Waals surface area contributed by atoms with E-state index < -0.39 is 0 Å². The standard InChI is InChI=1S/C22H16O2/c23-21(16-8-2-1-3-9-16)15-24-22-14-17-10-4-5-11-18(17)19-12-6-7-13-20(19)22/h1-14H,15H2. The smallest absolute Gasteiger partial charge is 0.200 e. The van der Waals surface area contributed by atoms with Crippen LogP contribution in [0.4, 0.5) is 0 Å². The van der Waals surface area contributed by atoms with Crippen molar-refractivity contribution in [3.05, 3.63) is 90.5 Å². The minimum atomic E-state index is -0.0205. The fourth-order valence-corrected chi connectivity index (χ4v) is 2.99. The lowest BCUT2D eigenvalue weighted by Crippen LogP contribution is -2.11. The van der Waals surface area contributed by atoms with Gasteiger partial charge in [-0.25, -0.2) is 0 Å². The second-order valence-corrected chi connectivity index (χ2v) is 5.72. The average Bonchev–Trinajstić information content (AvgIpc) is 2.66. The van der Waals surface area contributed by atoms with Crippen LogP contribution < -0.4 is 4.74 Å².